The lowest BCUT2D eigenvalue weighted by Gasteiger charge is -2.51. The van der Waals surface area contributed by atoms with Gasteiger partial charge < -0.3 is 61.6 Å². The molecule has 0 amide bonds. The van der Waals surface area contributed by atoms with Crippen LogP contribution < -0.4 is 52.1 Å². The monoisotopic (exact) mass is 788 g/mol. The summed E-state index contributed by atoms with van der Waals surface area (Å²) in [5.41, 5.74) is 2.61. The molecule has 5 atom stereocenters. The fourth-order valence-electron chi connectivity index (χ4n) is 7.97. The zero-order valence-corrected chi connectivity index (χ0v) is 33.3. The third-order valence-corrected chi connectivity index (χ3v) is 10.3. The highest BCUT2D eigenvalue weighted by molar-refractivity contribution is 5.72. The van der Waals surface area contributed by atoms with E-state index in [4.69, 9.17) is 61.6 Å². The smallest absolute Gasteiger partial charge is 0.317 e. The number of benzene rings is 4. The first kappa shape index (κ1) is 38.9. The van der Waals surface area contributed by atoms with E-state index in [1.54, 1.807) is 49.6 Å². The van der Waals surface area contributed by atoms with Gasteiger partial charge in [-0.25, -0.2) is 0 Å². The molecule has 0 N–H and O–H groups in total. The molecule has 0 saturated carbocycles. The highest BCUT2D eigenvalue weighted by atomic mass is 16.7. The van der Waals surface area contributed by atoms with Crippen molar-refractivity contribution in [2.45, 2.75) is 50.3 Å². The number of rotatable bonds is 12. The molecular formula is C42H44O15. The number of carbonyl (C=O) groups excluding carboxylic acids is 2. The first-order chi connectivity index (χ1) is 27.5. The Kier molecular flexibility index (Phi) is 10.4. The fraction of sp³-hybridized carbons (Fsp3) is 0.381. The number of esters is 2. The van der Waals surface area contributed by atoms with Crippen molar-refractivity contribution in [2.24, 2.45) is 0 Å². The summed E-state index contributed by atoms with van der Waals surface area (Å²) in [5, 5.41) is 0. The van der Waals surface area contributed by atoms with Crippen LogP contribution in [0.1, 0.15) is 53.7 Å². The lowest BCUT2D eigenvalue weighted by atomic mass is 9.73. The summed E-state index contributed by atoms with van der Waals surface area (Å²) in [7, 11) is 12.1. The van der Waals surface area contributed by atoms with Gasteiger partial charge in [-0.3, -0.25) is 9.59 Å². The molecule has 0 fully saturated rings. The summed E-state index contributed by atoms with van der Waals surface area (Å²) in [4.78, 5) is 25.8. The van der Waals surface area contributed by atoms with Gasteiger partial charge in [-0.05, 0) is 24.3 Å². The van der Waals surface area contributed by atoms with Crippen LogP contribution in [-0.2, 0) is 31.3 Å². The van der Waals surface area contributed by atoms with Gasteiger partial charge in [0.05, 0.1) is 62.8 Å². The van der Waals surface area contributed by atoms with E-state index in [1.165, 1.54) is 63.6 Å². The summed E-state index contributed by atoms with van der Waals surface area (Å²) in [6.07, 6.45) is -2.71. The molecule has 2 bridgehead atoms. The normalized spacial score (nSPS) is 21.0. The van der Waals surface area contributed by atoms with E-state index in [2.05, 4.69) is 0 Å². The minimum absolute atomic E-state index is 0.177. The van der Waals surface area contributed by atoms with E-state index in [-0.39, 0.29) is 12.2 Å². The van der Waals surface area contributed by atoms with Gasteiger partial charge in [0.2, 0.25) is 5.75 Å². The van der Waals surface area contributed by atoms with Crippen molar-refractivity contribution in [2.75, 3.05) is 56.9 Å². The zero-order chi connectivity index (χ0) is 40.8. The second-order valence-corrected chi connectivity index (χ2v) is 13.3. The van der Waals surface area contributed by atoms with E-state index in [9.17, 15) is 9.59 Å². The van der Waals surface area contributed by atoms with Crippen molar-refractivity contribution in [3.8, 4) is 63.2 Å². The quantitative estimate of drug-likeness (QED) is 0.153. The largest absolute Gasteiger partial charge is 0.496 e. The molecule has 4 aromatic carbocycles. The topological polar surface area (TPSA) is 154 Å². The molecule has 15 nitrogen and oxygen atoms in total. The van der Waals surface area contributed by atoms with E-state index in [0.717, 1.165) is 0 Å². The predicted molar refractivity (Wildman–Crippen MR) is 201 cm³/mol. The van der Waals surface area contributed by atoms with Crippen LogP contribution in [0.2, 0.25) is 0 Å². The second kappa shape index (κ2) is 15.3. The minimum atomic E-state index is -1.89. The maximum absolute atomic E-state index is 13.3. The first-order valence-corrected chi connectivity index (χ1v) is 17.9. The second-order valence-electron chi connectivity index (χ2n) is 13.3. The summed E-state index contributed by atoms with van der Waals surface area (Å²) in [6, 6.07) is 13.8. The number of carbonyl (C=O) groups is 2. The Labute approximate surface area is 329 Å². The minimum Gasteiger partial charge on any atom is -0.496 e. The van der Waals surface area contributed by atoms with Gasteiger partial charge >= 0.3 is 17.7 Å². The van der Waals surface area contributed by atoms with Gasteiger partial charge in [-0.2, -0.15) is 0 Å². The van der Waals surface area contributed by atoms with Gasteiger partial charge in [0, 0.05) is 66.3 Å². The molecule has 4 aromatic rings. The van der Waals surface area contributed by atoms with E-state index in [0.29, 0.717) is 85.3 Å². The molecule has 0 aromatic heterocycles. The van der Waals surface area contributed by atoms with Crippen LogP contribution in [0.3, 0.4) is 0 Å². The molecule has 302 valence electrons. The molecule has 3 heterocycles. The maximum atomic E-state index is 13.3. The lowest BCUT2D eigenvalue weighted by Crippen LogP contribution is -2.59. The number of ether oxygens (including phenoxy) is 13. The van der Waals surface area contributed by atoms with Crippen molar-refractivity contribution in [3.05, 3.63) is 76.3 Å². The van der Waals surface area contributed by atoms with Gasteiger partial charge in [-0.1, -0.05) is 6.07 Å². The van der Waals surface area contributed by atoms with Gasteiger partial charge in [0.1, 0.15) is 40.6 Å². The Morgan fingerprint density at radius 3 is 1.79 bits per heavy atom. The average molecular weight is 789 g/mol. The Morgan fingerprint density at radius 2 is 1.23 bits per heavy atom. The van der Waals surface area contributed by atoms with Crippen molar-refractivity contribution >= 4 is 11.9 Å². The van der Waals surface area contributed by atoms with Gasteiger partial charge in [-0.15, -0.1) is 0 Å². The fourth-order valence-corrected chi connectivity index (χ4v) is 7.97. The third-order valence-electron chi connectivity index (χ3n) is 10.3. The van der Waals surface area contributed by atoms with Gasteiger partial charge in [0.15, 0.2) is 35.2 Å². The van der Waals surface area contributed by atoms with Crippen LogP contribution in [-0.4, -0.2) is 81.0 Å². The molecule has 57 heavy (non-hydrogen) atoms. The molecule has 7 rings (SSSR count). The average Bonchev–Trinajstić information content (AvgIpc) is 3.21. The molecule has 15 heteroatoms. The van der Waals surface area contributed by atoms with Crippen molar-refractivity contribution in [3.63, 3.8) is 0 Å². The van der Waals surface area contributed by atoms with Crippen LogP contribution in [0.25, 0.3) is 0 Å². The number of fused-ring (bicyclic) bond motifs is 8. The molecule has 0 saturated heterocycles. The molecule has 0 radical (unpaired) electrons. The SMILES string of the molecule is COc1cc(OC)c2c(c1)O[C@@]1(c3cc(OC)c(OC)c(OC)c3)Oc3cc(OC)c4c(c3[C@@H]2[C@@H]1OC(C)=O)O[C@@H](c1ccc(OC)c(OC)c1)[C@H](OC(C)=O)C4. The van der Waals surface area contributed by atoms with Crippen LogP contribution in [0.4, 0.5) is 0 Å². The van der Waals surface area contributed by atoms with Crippen molar-refractivity contribution < 1.29 is 71.2 Å². The molecule has 0 aliphatic carbocycles. The highest BCUT2D eigenvalue weighted by Gasteiger charge is 2.63. The van der Waals surface area contributed by atoms with Crippen LogP contribution in [0.5, 0.6) is 63.2 Å². The third kappa shape index (κ3) is 6.40. The van der Waals surface area contributed by atoms with Crippen molar-refractivity contribution in [1.29, 1.82) is 0 Å². The van der Waals surface area contributed by atoms with E-state index < -0.39 is 42.0 Å². The van der Waals surface area contributed by atoms with E-state index in [1.807, 2.05) is 6.07 Å². The lowest BCUT2D eigenvalue weighted by molar-refractivity contribution is -0.232. The van der Waals surface area contributed by atoms with Crippen LogP contribution in [0.15, 0.2) is 48.5 Å². The van der Waals surface area contributed by atoms with Crippen molar-refractivity contribution in [1.82, 2.24) is 0 Å². The first-order valence-electron chi connectivity index (χ1n) is 17.9. The number of methoxy groups -OCH3 is 8. The number of hydrogen-bond acceptors (Lipinski definition) is 15. The molecule has 0 unspecified atom stereocenters. The molecular weight excluding hydrogens is 744 g/mol. The molecule has 0 spiro atoms. The summed E-state index contributed by atoms with van der Waals surface area (Å²) < 4.78 is 79.2. The summed E-state index contributed by atoms with van der Waals surface area (Å²) >= 11 is 0. The standard InChI is InChI=1S/C42H44O15/c1-20(43)53-34-18-25-27(47-5)19-31-36(39(25)55-38(34)22-11-12-26(46-4)28(13-22)48-6)37-35-29(49-7)16-24(45-3)17-30(35)56-42(57-31,41(37)54-21(2)44)23-14-32(50-8)40(52-10)33(15-23)51-9/h11-17,19,34,37-38,41H,18H2,1-10H3/t34-,37-,38+,41+,42+/m1/s1. The summed E-state index contributed by atoms with van der Waals surface area (Å²) in [5.74, 6) is 0.144. The van der Waals surface area contributed by atoms with Gasteiger partial charge in [0.25, 0.3) is 0 Å². The van der Waals surface area contributed by atoms with Crippen LogP contribution >= 0.6 is 0 Å². The molecule has 3 aliphatic rings. The maximum Gasteiger partial charge on any atom is 0.317 e. The Hall–Kier alpha value is -6.38. The Balaban J connectivity index is 1.56. The predicted octanol–water partition coefficient (Wildman–Crippen LogP) is 6.06. The zero-order valence-electron chi connectivity index (χ0n) is 33.3. The van der Waals surface area contributed by atoms with E-state index >= 15 is 0 Å². The highest BCUT2D eigenvalue weighted by Crippen LogP contribution is 2.64. The van der Waals surface area contributed by atoms with Crippen LogP contribution in [0, 0.1) is 0 Å². The number of hydrogen-bond donors (Lipinski definition) is 0. The Morgan fingerprint density at radius 1 is 0.614 bits per heavy atom. The summed E-state index contributed by atoms with van der Waals surface area (Å²) in [6.45, 7) is 2.64. The Bertz CT molecular complexity index is 2190. The molecule has 3 aliphatic heterocycles.